The van der Waals surface area contributed by atoms with Crippen molar-refractivity contribution in [3.05, 3.63) is 30.0 Å². The van der Waals surface area contributed by atoms with Crippen LogP contribution in [0.1, 0.15) is 10.5 Å². The lowest BCUT2D eigenvalue weighted by molar-refractivity contribution is 1.04. The second kappa shape index (κ2) is 2.96. The number of H-pyrrole nitrogens is 1. The predicted octanol–water partition coefficient (Wildman–Crippen LogP) is 3.04. The molecule has 2 aromatic rings. The van der Waals surface area contributed by atoms with Gasteiger partial charge in [-0.3, -0.25) is 5.10 Å². The van der Waals surface area contributed by atoms with Gasteiger partial charge in [-0.15, -0.1) is 0 Å². The fraction of sp³-hybridized carbons (Fsp3) is 0.125. The van der Waals surface area contributed by atoms with E-state index in [-0.39, 0.29) is 0 Å². The Bertz CT molecular complexity index is 395. The molecule has 0 amide bonds. The number of aromatic amines is 1. The van der Waals surface area contributed by atoms with Crippen molar-refractivity contribution in [1.29, 1.82) is 0 Å². The van der Waals surface area contributed by atoms with Gasteiger partial charge in [0.05, 0.1) is 11.2 Å². The zero-order chi connectivity index (χ0) is 8.55. The van der Waals surface area contributed by atoms with Crippen LogP contribution in [0.2, 0.25) is 0 Å². The van der Waals surface area contributed by atoms with Crippen molar-refractivity contribution in [2.45, 2.75) is 4.84 Å². The summed E-state index contributed by atoms with van der Waals surface area (Å²) in [6.45, 7) is 0. The van der Waals surface area contributed by atoms with Gasteiger partial charge in [0.15, 0.2) is 0 Å². The highest BCUT2D eigenvalue weighted by molar-refractivity contribution is 6.44. The topological polar surface area (TPSA) is 28.7 Å². The van der Waals surface area contributed by atoms with Gasteiger partial charge in [-0.2, -0.15) is 5.10 Å². The van der Waals surface area contributed by atoms with Gasteiger partial charge in [0.25, 0.3) is 0 Å². The molecule has 0 aliphatic rings. The molecule has 12 heavy (non-hydrogen) atoms. The van der Waals surface area contributed by atoms with Crippen molar-refractivity contribution in [3.63, 3.8) is 0 Å². The van der Waals surface area contributed by atoms with Gasteiger partial charge in [0.2, 0.25) is 0 Å². The predicted molar refractivity (Wildman–Crippen MR) is 50.5 cm³/mol. The molecule has 0 bridgehead atoms. The number of rotatable bonds is 1. The first-order valence-electron chi connectivity index (χ1n) is 3.50. The van der Waals surface area contributed by atoms with Crippen LogP contribution in [0.4, 0.5) is 0 Å². The molecule has 1 heterocycles. The highest BCUT2D eigenvalue weighted by Gasteiger charge is 2.10. The Morgan fingerprint density at radius 2 is 2.00 bits per heavy atom. The molecule has 0 saturated heterocycles. The van der Waals surface area contributed by atoms with E-state index < -0.39 is 4.84 Å². The molecule has 0 fully saturated rings. The Morgan fingerprint density at radius 3 is 2.75 bits per heavy atom. The molecule has 2 nitrogen and oxygen atoms in total. The third-order valence-electron chi connectivity index (χ3n) is 1.71. The Morgan fingerprint density at radius 1 is 1.25 bits per heavy atom. The lowest BCUT2D eigenvalue weighted by Crippen LogP contribution is -1.81. The number of benzene rings is 1. The maximum atomic E-state index is 5.72. The van der Waals surface area contributed by atoms with Gasteiger partial charge in [-0.25, -0.2) is 0 Å². The Kier molecular flexibility index (Phi) is 1.95. The average molecular weight is 201 g/mol. The summed E-state index contributed by atoms with van der Waals surface area (Å²) in [7, 11) is 0. The summed E-state index contributed by atoms with van der Waals surface area (Å²) in [5.41, 5.74) is 1.65. The zero-order valence-electron chi connectivity index (χ0n) is 6.09. The third-order valence-corrected chi connectivity index (χ3v) is 2.15. The van der Waals surface area contributed by atoms with E-state index in [0.717, 1.165) is 16.6 Å². The van der Waals surface area contributed by atoms with Crippen LogP contribution >= 0.6 is 23.2 Å². The van der Waals surface area contributed by atoms with Crippen LogP contribution in [0.25, 0.3) is 10.9 Å². The fourth-order valence-electron chi connectivity index (χ4n) is 1.15. The summed E-state index contributed by atoms with van der Waals surface area (Å²) in [5, 5.41) is 7.82. The average Bonchev–Trinajstić information content (AvgIpc) is 2.47. The summed E-state index contributed by atoms with van der Waals surface area (Å²) < 4.78 is 0. The number of alkyl halides is 2. The lowest BCUT2D eigenvalue weighted by atomic mass is 10.2. The summed E-state index contributed by atoms with van der Waals surface area (Å²) in [5.74, 6) is 0. The number of hydrogen-bond donors (Lipinski definition) is 1. The molecule has 1 aromatic heterocycles. The molecular weight excluding hydrogens is 195 g/mol. The second-order valence-corrected chi connectivity index (χ2v) is 3.55. The van der Waals surface area contributed by atoms with Crippen LogP contribution in [0.3, 0.4) is 0 Å². The van der Waals surface area contributed by atoms with E-state index in [9.17, 15) is 0 Å². The van der Waals surface area contributed by atoms with E-state index in [1.165, 1.54) is 0 Å². The number of hydrogen-bond acceptors (Lipinski definition) is 1. The number of nitrogens with one attached hydrogen (secondary N) is 1. The number of fused-ring (bicyclic) bond motifs is 1. The molecule has 4 heteroatoms. The lowest BCUT2D eigenvalue weighted by Gasteiger charge is -1.95. The minimum Gasteiger partial charge on any atom is -0.279 e. The van der Waals surface area contributed by atoms with Crippen molar-refractivity contribution in [1.82, 2.24) is 10.2 Å². The molecule has 0 radical (unpaired) electrons. The highest BCUT2D eigenvalue weighted by Crippen LogP contribution is 2.28. The molecule has 0 atom stereocenters. The van der Waals surface area contributed by atoms with Gasteiger partial charge in [0, 0.05) is 5.39 Å². The van der Waals surface area contributed by atoms with Gasteiger partial charge < -0.3 is 0 Å². The molecule has 1 aromatic carbocycles. The van der Waals surface area contributed by atoms with E-state index in [1.54, 1.807) is 0 Å². The van der Waals surface area contributed by atoms with E-state index >= 15 is 0 Å². The Labute approximate surface area is 79.5 Å². The maximum absolute atomic E-state index is 5.72. The van der Waals surface area contributed by atoms with Crippen LogP contribution in [-0.4, -0.2) is 10.2 Å². The van der Waals surface area contributed by atoms with Crippen molar-refractivity contribution in [2.24, 2.45) is 0 Å². The first kappa shape index (κ1) is 7.90. The molecule has 0 unspecified atom stereocenters. The summed E-state index contributed by atoms with van der Waals surface area (Å²) in [6.07, 6.45) is 0. The molecule has 0 aliphatic heterocycles. The van der Waals surface area contributed by atoms with Crippen molar-refractivity contribution >= 4 is 34.1 Å². The number of halogens is 2. The van der Waals surface area contributed by atoms with Crippen LogP contribution < -0.4 is 0 Å². The number of aromatic nitrogens is 2. The Hall–Kier alpha value is -0.730. The normalized spacial score (nSPS) is 11.2. The van der Waals surface area contributed by atoms with Crippen LogP contribution in [0, 0.1) is 0 Å². The van der Waals surface area contributed by atoms with Crippen LogP contribution in [-0.2, 0) is 0 Å². The molecule has 1 N–H and O–H groups in total. The molecule has 0 spiro atoms. The van der Waals surface area contributed by atoms with E-state index in [4.69, 9.17) is 23.2 Å². The monoisotopic (exact) mass is 200 g/mol. The first-order chi connectivity index (χ1) is 5.79. The summed E-state index contributed by atoms with van der Waals surface area (Å²) in [4.78, 5) is -0.544. The quantitative estimate of drug-likeness (QED) is 0.705. The number of para-hydroxylation sites is 1. The fourth-order valence-corrected chi connectivity index (χ4v) is 1.48. The van der Waals surface area contributed by atoms with Gasteiger partial charge in [0.1, 0.15) is 4.84 Å². The minimum atomic E-state index is -0.544. The smallest absolute Gasteiger partial charge is 0.149 e. The SMILES string of the molecule is ClC(Cl)c1[nH]nc2ccccc12. The molecule has 0 aliphatic carbocycles. The van der Waals surface area contributed by atoms with Crippen LogP contribution in [0.15, 0.2) is 24.3 Å². The maximum Gasteiger partial charge on any atom is 0.149 e. The van der Waals surface area contributed by atoms with Crippen LogP contribution in [0.5, 0.6) is 0 Å². The molecule has 2 rings (SSSR count). The van der Waals surface area contributed by atoms with E-state index in [2.05, 4.69) is 10.2 Å². The third kappa shape index (κ3) is 1.17. The molecular formula is C8H6Cl2N2. The van der Waals surface area contributed by atoms with Gasteiger partial charge >= 0.3 is 0 Å². The van der Waals surface area contributed by atoms with E-state index in [1.807, 2.05) is 24.3 Å². The summed E-state index contributed by atoms with van der Waals surface area (Å²) in [6, 6.07) is 7.69. The van der Waals surface area contributed by atoms with Crippen molar-refractivity contribution in [2.75, 3.05) is 0 Å². The van der Waals surface area contributed by atoms with E-state index in [0.29, 0.717) is 0 Å². The van der Waals surface area contributed by atoms with Gasteiger partial charge in [-0.1, -0.05) is 41.4 Å². The zero-order valence-corrected chi connectivity index (χ0v) is 7.60. The van der Waals surface area contributed by atoms with Crippen molar-refractivity contribution in [3.8, 4) is 0 Å². The minimum absolute atomic E-state index is 0.544. The summed E-state index contributed by atoms with van der Waals surface area (Å²) >= 11 is 11.4. The van der Waals surface area contributed by atoms with Gasteiger partial charge in [-0.05, 0) is 6.07 Å². The van der Waals surface area contributed by atoms with Crippen molar-refractivity contribution < 1.29 is 0 Å². The first-order valence-corrected chi connectivity index (χ1v) is 4.37. The highest BCUT2D eigenvalue weighted by atomic mass is 35.5. The molecule has 62 valence electrons. The standard InChI is InChI=1S/C8H6Cl2N2/c9-8(10)7-5-3-1-2-4-6(5)11-12-7/h1-4,8H,(H,11,12). The Balaban J connectivity index is 2.70. The second-order valence-electron chi connectivity index (χ2n) is 2.46. The molecule has 0 saturated carbocycles. The number of nitrogens with zero attached hydrogens (tertiary/aromatic N) is 1. The largest absolute Gasteiger partial charge is 0.279 e.